The molecule has 0 saturated heterocycles. The molecule has 0 aliphatic carbocycles. The van der Waals surface area contributed by atoms with Crippen molar-refractivity contribution < 1.29 is 22.7 Å². The van der Waals surface area contributed by atoms with E-state index in [-0.39, 0.29) is 28.9 Å². The van der Waals surface area contributed by atoms with Crippen molar-refractivity contribution >= 4 is 31.9 Å². The molecule has 2 aromatic rings. The highest BCUT2D eigenvalue weighted by Crippen LogP contribution is 2.25. The first-order chi connectivity index (χ1) is 12.2. The Kier molecular flexibility index (Phi) is 6.80. The lowest BCUT2D eigenvalue weighted by Gasteiger charge is -2.14. The second-order valence-electron chi connectivity index (χ2n) is 5.84. The molecule has 0 spiro atoms. The minimum Gasteiger partial charge on any atom is -0.495 e. The molecule has 2 rings (SSSR count). The van der Waals surface area contributed by atoms with Gasteiger partial charge in [0.15, 0.2) is 0 Å². The van der Waals surface area contributed by atoms with Gasteiger partial charge in [0.2, 0.25) is 10.0 Å². The first kappa shape index (κ1) is 20.4. The first-order valence-corrected chi connectivity index (χ1v) is 10.1. The maximum atomic E-state index is 12.5. The molecule has 0 saturated carbocycles. The van der Waals surface area contributed by atoms with Crippen molar-refractivity contribution in [1.29, 1.82) is 0 Å². The van der Waals surface area contributed by atoms with Crippen LogP contribution in [0.3, 0.4) is 0 Å². The van der Waals surface area contributed by atoms with Crippen molar-refractivity contribution in [1.82, 2.24) is 4.72 Å². The van der Waals surface area contributed by atoms with E-state index >= 15 is 0 Å². The molecule has 140 valence electrons. The largest absolute Gasteiger partial charge is 0.495 e. The normalized spacial score (nSPS) is 11.4. The molecule has 8 heteroatoms. The molecule has 1 N–H and O–H groups in total. The van der Waals surface area contributed by atoms with Gasteiger partial charge in [0.25, 0.3) is 0 Å². The topological polar surface area (TPSA) is 81.7 Å². The number of carbonyl (C=O) groups excluding carboxylic acids is 1. The molecule has 0 fully saturated rings. The lowest BCUT2D eigenvalue weighted by Crippen LogP contribution is -2.30. The summed E-state index contributed by atoms with van der Waals surface area (Å²) in [4.78, 5) is 12.2. The van der Waals surface area contributed by atoms with Crippen molar-refractivity contribution in [2.75, 3.05) is 7.11 Å². The van der Waals surface area contributed by atoms with E-state index in [4.69, 9.17) is 9.47 Å². The maximum absolute atomic E-state index is 12.5. The quantitative estimate of drug-likeness (QED) is 0.664. The number of ether oxygens (including phenoxy) is 2. The van der Waals surface area contributed by atoms with Gasteiger partial charge >= 0.3 is 5.97 Å². The van der Waals surface area contributed by atoms with E-state index in [1.807, 2.05) is 24.3 Å². The Morgan fingerprint density at radius 2 is 1.81 bits per heavy atom. The third kappa shape index (κ3) is 5.30. The summed E-state index contributed by atoms with van der Waals surface area (Å²) in [5, 5.41) is 0. The summed E-state index contributed by atoms with van der Waals surface area (Å²) in [7, 11) is -2.45. The zero-order valence-electron chi connectivity index (χ0n) is 14.7. The number of rotatable bonds is 7. The van der Waals surface area contributed by atoms with Gasteiger partial charge in [0.05, 0.1) is 12.7 Å². The third-order valence-electron chi connectivity index (χ3n) is 3.36. The van der Waals surface area contributed by atoms with Gasteiger partial charge in [-0.2, -0.15) is 0 Å². The van der Waals surface area contributed by atoms with Gasteiger partial charge in [-0.25, -0.2) is 17.9 Å². The summed E-state index contributed by atoms with van der Waals surface area (Å²) in [5.41, 5.74) is 0.955. The minimum atomic E-state index is -3.82. The van der Waals surface area contributed by atoms with E-state index in [1.165, 1.54) is 25.3 Å². The Morgan fingerprint density at radius 1 is 1.15 bits per heavy atom. The summed E-state index contributed by atoms with van der Waals surface area (Å²) in [5.74, 6) is -0.459. The summed E-state index contributed by atoms with van der Waals surface area (Å²) < 4.78 is 38.7. The van der Waals surface area contributed by atoms with Gasteiger partial charge in [-0.05, 0) is 49.7 Å². The number of hydrogen-bond donors (Lipinski definition) is 1. The van der Waals surface area contributed by atoms with Gasteiger partial charge in [0, 0.05) is 10.5 Å². The Morgan fingerprint density at radius 3 is 2.38 bits per heavy atom. The third-order valence-corrected chi connectivity index (χ3v) is 5.57. The number of methoxy groups -OCH3 is 1. The van der Waals surface area contributed by atoms with E-state index in [9.17, 15) is 13.2 Å². The van der Waals surface area contributed by atoms with Crippen LogP contribution in [0.1, 0.15) is 29.8 Å². The number of benzene rings is 2. The lowest BCUT2D eigenvalue weighted by atomic mass is 10.2. The van der Waals surface area contributed by atoms with E-state index in [1.54, 1.807) is 13.8 Å². The van der Waals surface area contributed by atoms with Crippen molar-refractivity contribution in [2.45, 2.75) is 31.4 Å². The van der Waals surface area contributed by atoms with Crippen LogP contribution < -0.4 is 9.46 Å². The summed E-state index contributed by atoms with van der Waals surface area (Å²) in [6, 6.07) is 11.2. The van der Waals surface area contributed by atoms with Crippen molar-refractivity contribution in [3.05, 3.63) is 58.1 Å². The lowest BCUT2D eigenvalue weighted by molar-refractivity contribution is 0.0472. The Balaban J connectivity index is 2.22. The van der Waals surface area contributed by atoms with E-state index < -0.39 is 16.0 Å². The molecule has 0 radical (unpaired) electrons. The SMILES string of the molecule is COc1ccc(C(=O)OCc2ccc(Br)cc2)cc1S(=O)(=O)NC(C)C. The average molecular weight is 442 g/mol. The maximum Gasteiger partial charge on any atom is 0.338 e. The molecule has 0 bridgehead atoms. The summed E-state index contributed by atoms with van der Waals surface area (Å²) >= 11 is 3.34. The molecule has 0 heterocycles. The van der Waals surface area contributed by atoms with Gasteiger partial charge < -0.3 is 9.47 Å². The fourth-order valence-electron chi connectivity index (χ4n) is 2.20. The Hall–Kier alpha value is -1.90. The predicted molar refractivity (Wildman–Crippen MR) is 102 cm³/mol. The van der Waals surface area contributed by atoms with Crippen LogP contribution >= 0.6 is 15.9 Å². The van der Waals surface area contributed by atoms with Crippen LogP contribution in [0.5, 0.6) is 5.75 Å². The van der Waals surface area contributed by atoms with E-state index in [0.717, 1.165) is 10.0 Å². The Bertz CT molecular complexity index is 879. The van der Waals surface area contributed by atoms with Gasteiger partial charge in [-0.1, -0.05) is 28.1 Å². The van der Waals surface area contributed by atoms with Crippen LogP contribution in [-0.4, -0.2) is 27.5 Å². The molecule has 2 aromatic carbocycles. The van der Waals surface area contributed by atoms with Crippen LogP contribution in [-0.2, 0) is 21.4 Å². The second-order valence-corrected chi connectivity index (χ2v) is 8.44. The highest BCUT2D eigenvalue weighted by atomic mass is 79.9. The molecular weight excluding hydrogens is 422 g/mol. The number of carbonyl (C=O) groups is 1. The summed E-state index contributed by atoms with van der Waals surface area (Å²) in [6.07, 6.45) is 0. The number of nitrogens with one attached hydrogen (secondary N) is 1. The zero-order chi connectivity index (χ0) is 19.3. The van der Waals surface area contributed by atoms with Crippen LogP contribution in [0.4, 0.5) is 0 Å². The fraction of sp³-hybridized carbons (Fsp3) is 0.278. The van der Waals surface area contributed by atoms with Crippen LogP contribution in [0.15, 0.2) is 51.8 Å². The smallest absolute Gasteiger partial charge is 0.338 e. The molecule has 0 aromatic heterocycles. The highest BCUT2D eigenvalue weighted by molar-refractivity contribution is 9.10. The molecule has 0 aliphatic heterocycles. The van der Waals surface area contributed by atoms with Gasteiger partial charge in [-0.3, -0.25) is 0 Å². The second kappa shape index (κ2) is 8.66. The Labute approximate surface area is 161 Å². The average Bonchev–Trinajstić information content (AvgIpc) is 2.59. The monoisotopic (exact) mass is 441 g/mol. The van der Waals surface area contributed by atoms with Crippen molar-refractivity contribution in [3.63, 3.8) is 0 Å². The minimum absolute atomic E-state index is 0.0878. The molecular formula is C18H20BrNO5S. The molecule has 0 amide bonds. The summed E-state index contributed by atoms with van der Waals surface area (Å²) in [6.45, 7) is 3.51. The van der Waals surface area contributed by atoms with Gasteiger partial charge in [-0.15, -0.1) is 0 Å². The molecule has 0 atom stereocenters. The number of esters is 1. The van der Waals surface area contributed by atoms with Crippen LogP contribution in [0.2, 0.25) is 0 Å². The molecule has 0 aliphatic rings. The number of sulfonamides is 1. The zero-order valence-corrected chi connectivity index (χ0v) is 17.1. The first-order valence-electron chi connectivity index (χ1n) is 7.85. The predicted octanol–water partition coefficient (Wildman–Crippen LogP) is 3.50. The molecule has 0 unspecified atom stereocenters. The van der Waals surface area contributed by atoms with Crippen LogP contribution in [0, 0.1) is 0 Å². The highest BCUT2D eigenvalue weighted by Gasteiger charge is 2.23. The van der Waals surface area contributed by atoms with Gasteiger partial charge in [0.1, 0.15) is 17.3 Å². The van der Waals surface area contributed by atoms with Crippen molar-refractivity contribution in [2.24, 2.45) is 0 Å². The molecule has 26 heavy (non-hydrogen) atoms. The number of hydrogen-bond acceptors (Lipinski definition) is 5. The standard InChI is InChI=1S/C18H20BrNO5S/c1-12(2)20-26(22,23)17-10-14(6-9-16(17)24-3)18(21)25-11-13-4-7-15(19)8-5-13/h4-10,12,20H,11H2,1-3H3. The molecule has 6 nitrogen and oxygen atoms in total. The van der Waals surface area contributed by atoms with Crippen LogP contribution in [0.25, 0.3) is 0 Å². The number of halogens is 1. The van der Waals surface area contributed by atoms with E-state index in [2.05, 4.69) is 20.7 Å². The fourth-order valence-corrected chi connectivity index (χ4v) is 3.91. The van der Waals surface area contributed by atoms with Crippen molar-refractivity contribution in [3.8, 4) is 5.75 Å². The van der Waals surface area contributed by atoms with E-state index in [0.29, 0.717) is 0 Å².